The molecule has 2 heteroatoms. The van der Waals surface area contributed by atoms with Gasteiger partial charge in [0.15, 0.2) is 0 Å². The summed E-state index contributed by atoms with van der Waals surface area (Å²) in [5.41, 5.74) is 3.85. The van der Waals surface area contributed by atoms with Crippen LogP contribution in [-0.4, -0.2) is 20.2 Å². The van der Waals surface area contributed by atoms with Gasteiger partial charge in [0.2, 0.25) is 0 Å². The van der Waals surface area contributed by atoms with Crippen LogP contribution in [0.3, 0.4) is 0 Å². The number of ether oxygens (including phenoxy) is 1. The fourth-order valence-electron chi connectivity index (χ4n) is 2.19. The molecule has 21 heavy (non-hydrogen) atoms. The first-order valence-electron chi connectivity index (χ1n) is 7.65. The first-order valence-corrected chi connectivity index (χ1v) is 7.65. The van der Waals surface area contributed by atoms with Gasteiger partial charge in [-0.1, -0.05) is 60.3 Å². The van der Waals surface area contributed by atoms with Gasteiger partial charge in [-0.15, -0.1) is 0 Å². The second-order valence-electron chi connectivity index (χ2n) is 7.78. The van der Waals surface area contributed by atoms with Crippen molar-refractivity contribution in [1.29, 1.82) is 0 Å². The van der Waals surface area contributed by atoms with Crippen molar-refractivity contribution in [2.75, 3.05) is 20.2 Å². The lowest BCUT2D eigenvalue weighted by molar-refractivity contribution is 0.337. The van der Waals surface area contributed by atoms with E-state index in [1.54, 1.807) is 0 Å². The van der Waals surface area contributed by atoms with Crippen LogP contribution in [-0.2, 0) is 10.8 Å². The van der Waals surface area contributed by atoms with Gasteiger partial charge in [0, 0.05) is 6.54 Å². The van der Waals surface area contributed by atoms with Gasteiger partial charge in [-0.05, 0) is 40.6 Å². The van der Waals surface area contributed by atoms with Crippen molar-refractivity contribution >= 4 is 0 Å². The summed E-state index contributed by atoms with van der Waals surface area (Å²) >= 11 is 0. The molecule has 1 aromatic rings. The number of rotatable bonds is 5. The molecule has 0 heterocycles. The number of likely N-dealkylation sites (N-methyl/N-ethyl adjacent to an activating group) is 1. The highest BCUT2D eigenvalue weighted by Gasteiger charge is 2.23. The van der Waals surface area contributed by atoms with Gasteiger partial charge in [-0.3, -0.25) is 0 Å². The van der Waals surface area contributed by atoms with Crippen LogP contribution in [0.5, 0.6) is 5.75 Å². The van der Waals surface area contributed by atoms with Gasteiger partial charge < -0.3 is 10.1 Å². The monoisotopic (exact) mass is 289 g/mol. The third-order valence-electron chi connectivity index (χ3n) is 3.51. The summed E-state index contributed by atoms with van der Waals surface area (Å²) in [6, 6.07) is 6.56. The van der Waals surface area contributed by atoms with Crippen molar-refractivity contribution in [2.24, 2.45) is 0 Å². The van der Waals surface area contributed by atoms with E-state index < -0.39 is 0 Å². The zero-order chi connectivity index (χ0) is 16.3. The third-order valence-corrected chi connectivity index (χ3v) is 3.51. The molecule has 1 N–H and O–H groups in total. The fourth-order valence-corrected chi connectivity index (χ4v) is 2.19. The molecule has 0 saturated carbocycles. The van der Waals surface area contributed by atoms with Crippen molar-refractivity contribution in [3.63, 3.8) is 0 Å². The van der Waals surface area contributed by atoms with E-state index in [0.717, 1.165) is 17.9 Å². The summed E-state index contributed by atoms with van der Waals surface area (Å²) in [4.78, 5) is 0. The number of hydrogen-bond donors (Lipinski definition) is 1. The highest BCUT2D eigenvalue weighted by Crippen LogP contribution is 2.35. The molecular formula is C19H31NO. The van der Waals surface area contributed by atoms with Crippen LogP contribution in [0.4, 0.5) is 0 Å². The molecule has 118 valence electrons. The number of hydrogen-bond acceptors (Lipinski definition) is 2. The van der Waals surface area contributed by atoms with Crippen molar-refractivity contribution < 1.29 is 4.74 Å². The minimum Gasteiger partial charge on any atom is -0.489 e. The Hall–Kier alpha value is -1.28. The maximum Gasteiger partial charge on any atom is 0.123 e. The van der Waals surface area contributed by atoms with Gasteiger partial charge in [0.25, 0.3) is 0 Å². The van der Waals surface area contributed by atoms with Crippen LogP contribution >= 0.6 is 0 Å². The average Bonchev–Trinajstić information content (AvgIpc) is 2.34. The number of nitrogens with one attached hydrogen (secondary N) is 1. The summed E-state index contributed by atoms with van der Waals surface area (Å²) < 4.78 is 6.01. The van der Waals surface area contributed by atoms with Crippen molar-refractivity contribution in [3.8, 4) is 5.75 Å². The van der Waals surface area contributed by atoms with E-state index in [9.17, 15) is 0 Å². The molecular weight excluding hydrogens is 258 g/mol. The Labute approximate surface area is 130 Å². The van der Waals surface area contributed by atoms with Crippen LogP contribution in [0.15, 0.2) is 30.4 Å². The van der Waals surface area contributed by atoms with E-state index in [2.05, 4.69) is 71.6 Å². The topological polar surface area (TPSA) is 21.3 Å². The highest BCUT2D eigenvalue weighted by atomic mass is 16.5. The van der Waals surface area contributed by atoms with Crippen molar-refractivity contribution in [3.05, 3.63) is 41.5 Å². The van der Waals surface area contributed by atoms with E-state index in [1.807, 2.05) is 7.05 Å². The second-order valence-corrected chi connectivity index (χ2v) is 7.78. The normalized spacial score (nSPS) is 12.3. The number of benzene rings is 1. The van der Waals surface area contributed by atoms with Crippen LogP contribution in [0.2, 0.25) is 0 Å². The molecule has 0 radical (unpaired) electrons. The maximum absolute atomic E-state index is 6.01. The van der Waals surface area contributed by atoms with Crippen LogP contribution in [0.25, 0.3) is 0 Å². The molecule has 0 aliphatic heterocycles. The van der Waals surface area contributed by atoms with Crippen LogP contribution < -0.4 is 10.1 Å². The Morgan fingerprint density at radius 1 is 1.10 bits per heavy atom. The molecule has 1 aromatic carbocycles. The summed E-state index contributed by atoms with van der Waals surface area (Å²) in [5.74, 6) is 0.966. The second kappa shape index (κ2) is 6.65. The van der Waals surface area contributed by atoms with Gasteiger partial charge in [0.05, 0.1) is 0 Å². The summed E-state index contributed by atoms with van der Waals surface area (Å²) in [6.07, 6.45) is 0. The summed E-state index contributed by atoms with van der Waals surface area (Å²) in [6.45, 7) is 18.8. The van der Waals surface area contributed by atoms with E-state index in [1.165, 1.54) is 11.1 Å². The predicted octanol–water partition coefficient (Wildman–Crippen LogP) is 4.44. The SMILES string of the molecule is C=C(CNC)COc1ccc(C(C)(C)C)cc1C(C)(C)C. The van der Waals surface area contributed by atoms with Gasteiger partial charge in [0.1, 0.15) is 12.4 Å². The largest absolute Gasteiger partial charge is 0.489 e. The lowest BCUT2D eigenvalue weighted by atomic mass is 9.80. The molecule has 0 unspecified atom stereocenters. The lowest BCUT2D eigenvalue weighted by Gasteiger charge is -2.27. The standard InChI is InChI=1S/C19H31NO/c1-14(12-20-8)13-21-17-10-9-15(18(2,3)4)11-16(17)19(5,6)7/h9-11,20H,1,12-13H2,2-8H3. The molecule has 0 amide bonds. The summed E-state index contributed by atoms with van der Waals surface area (Å²) in [5, 5.41) is 3.10. The zero-order valence-electron chi connectivity index (χ0n) is 14.8. The molecule has 0 fully saturated rings. The van der Waals surface area contributed by atoms with Crippen molar-refractivity contribution in [2.45, 2.75) is 52.4 Å². The van der Waals surface area contributed by atoms with E-state index in [4.69, 9.17) is 4.74 Å². The fraction of sp³-hybridized carbons (Fsp3) is 0.579. The van der Waals surface area contributed by atoms with Gasteiger partial charge in [-0.25, -0.2) is 0 Å². The first-order chi connectivity index (χ1) is 9.55. The predicted molar refractivity (Wildman–Crippen MR) is 92.4 cm³/mol. The Morgan fingerprint density at radius 3 is 2.19 bits per heavy atom. The van der Waals surface area contributed by atoms with E-state index >= 15 is 0 Å². The van der Waals surface area contributed by atoms with Crippen LogP contribution in [0, 0.1) is 0 Å². The smallest absolute Gasteiger partial charge is 0.123 e. The molecule has 0 saturated heterocycles. The third kappa shape index (κ3) is 5.20. The quantitative estimate of drug-likeness (QED) is 0.809. The Morgan fingerprint density at radius 2 is 1.71 bits per heavy atom. The van der Waals surface area contributed by atoms with E-state index in [-0.39, 0.29) is 10.8 Å². The molecule has 0 aliphatic carbocycles. The average molecular weight is 289 g/mol. The minimum absolute atomic E-state index is 0.0565. The first kappa shape index (κ1) is 17.8. The van der Waals surface area contributed by atoms with Gasteiger partial charge in [-0.2, -0.15) is 0 Å². The minimum atomic E-state index is 0.0565. The van der Waals surface area contributed by atoms with Crippen LogP contribution in [0.1, 0.15) is 52.7 Å². The Balaban J connectivity index is 3.06. The highest BCUT2D eigenvalue weighted by molar-refractivity contribution is 5.43. The molecule has 0 spiro atoms. The zero-order valence-corrected chi connectivity index (χ0v) is 14.8. The van der Waals surface area contributed by atoms with Gasteiger partial charge >= 0.3 is 0 Å². The molecule has 0 aromatic heterocycles. The lowest BCUT2D eigenvalue weighted by Crippen LogP contribution is -2.19. The van der Waals surface area contributed by atoms with E-state index in [0.29, 0.717) is 6.61 Å². The molecule has 0 bridgehead atoms. The Kier molecular flexibility index (Phi) is 5.63. The molecule has 2 nitrogen and oxygen atoms in total. The Bertz CT molecular complexity index is 489. The molecule has 0 aliphatic rings. The molecule has 1 rings (SSSR count). The van der Waals surface area contributed by atoms with Crippen molar-refractivity contribution in [1.82, 2.24) is 5.32 Å². The maximum atomic E-state index is 6.01. The summed E-state index contributed by atoms with van der Waals surface area (Å²) in [7, 11) is 1.92. The molecule has 0 atom stereocenters.